The maximum Gasteiger partial charge on any atom is 0.119 e. The Balaban J connectivity index is 2.07. The molecule has 0 bridgehead atoms. The van der Waals surface area contributed by atoms with Gasteiger partial charge in [0.25, 0.3) is 0 Å². The molecule has 0 atom stereocenters. The summed E-state index contributed by atoms with van der Waals surface area (Å²) in [5, 5.41) is 3.30. The SMILES string of the molecule is CCNCc1ccc(OCCOCCCN(C)C)cc1. The van der Waals surface area contributed by atoms with Crippen LogP contribution >= 0.6 is 0 Å². The molecule has 114 valence electrons. The van der Waals surface area contributed by atoms with Gasteiger partial charge < -0.3 is 19.7 Å². The maximum atomic E-state index is 5.64. The smallest absolute Gasteiger partial charge is 0.119 e. The molecule has 1 N–H and O–H groups in total. The Hall–Kier alpha value is -1.10. The van der Waals surface area contributed by atoms with Crippen LogP contribution in [0.2, 0.25) is 0 Å². The molecule has 0 radical (unpaired) electrons. The lowest BCUT2D eigenvalue weighted by Crippen LogP contribution is -2.16. The fourth-order valence-electron chi connectivity index (χ4n) is 1.78. The van der Waals surface area contributed by atoms with Crippen molar-refractivity contribution in [3.05, 3.63) is 29.8 Å². The predicted molar refractivity (Wildman–Crippen MR) is 83.3 cm³/mol. The van der Waals surface area contributed by atoms with Gasteiger partial charge in [-0.1, -0.05) is 19.1 Å². The molecule has 4 nitrogen and oxygen atoms in total. The molecule has 0 unspecified atom stereocenters. The van der Waals surface area contributed by atoms with Gasteiger partial charge in [0.1, 0.15) is 12.4 Å². The fourth-order valence-corrected chi connectivity index (χ4v) is 1.78. The first-order valence-corrected chi connectivity index (χ1v) is 7.37. The predicted octanol–water partition coefficient (Wildman–Crippen LogP) is 2.14. The highest BCUT2D eigenvalue weighted by Crippen LogP contribution is 2.11. The Morgan fingerprint density at radius 3 is 2.45 bits per heavy atom. The van der Waals surface area contributed by atoms with Crippen molar-refractivity contribution in [2.24, 2.45) is 0 Å². The van der Waals surface area contributed by atoms with Crippen molar-refractivity contribution in [2.75, 3.05) is 47.0 Å². The van der Waals surface area contributed by atoms with Gasteiger partial charge in [0.05, 0.1) is 6.61 Å². The third-order valence-corrected chi connectivity index (χ3v) is 2.89. The van der Waals surface area contributed by atoms with Crippen molar-refractivity contribution < 1.29 is 9.47 Å². The zero-order valence-corrected chi connectivity index (χ0v) is 13.0. The number of ether oxygens (including phenoxy) is 2. The summed E-state index contributed by atoms with van der Waals surface area (Å²) in [4.78, 5) is 2.16. The van der Waals surface area contributed by atoms with Gasteiger partial charge in [-0.3, -0.25) is 0 Å². The van der Waals surface area contributed by atoms with Crippen LogP contribution in [0, 0.1) is 0 Å². The molecule has 0 saturated carbocycles. The van der Waals surface area contributed by atoms with Crippen LogP contribution in [-0.2, 0) is 11.3 Å². The lowest BCUT2D eigenvalue weighted by molar-refractivity contribution is 0.0946. The van der Waals surface area contributed by atoms with Gasteiger partial charge in [-0.15, -0.1) is 0 Å². The molecule has 0 saturated heterocycles. The molecule has 1 aromatic carbocycles. The molecule has 0 spiro atoms. The van der Waals surface area contributed by atoms with Crippen LogP contribution < -0.4 is 10.1 Å². The minimum atomic E-state index is 0.606. The lowest BCUT2D eigenvalue weighted by Gasteiger charge is -2.10. The Labute approximate surface area is 123 Å². The second-order valence-electron chi connectivity index (χ2n) is 5.04. The molecule has 0 aliphatic heterocycles. The Kier molecular flexibility index (Phi) is 9.04. The minimum Gasteiger partial charge on any atom is -0.491 e. The topological polar surface area (TPSA) is 33.7 Å². The van der Waals surface area contributed by atoms with Gasteiger partial charge in [0.15, 0.2) is 0 Å². The van der Waals surface area contributed by atoms with Gasteiger partial charge in [0.2, 0.25) is 0 Å². The van der Waals surface area contributed by atoms with Crippen LogP contribution in [0.4, 0.5) is 0 Å². The minimum absolute atomic E-state index is 0.606. The standard InChI is InChI=1S/C16H28N2O2/c1-4-17-14-15-6-8-16(9-7-15)20-13-12-19-11-5-10-18(2)3/h6-9,17H,4-5,10-14H2,1-3H3. The quantitative estimate of drug-likeness (QED) is 0.630. The molecule has 1 rings (SSSR count). The first-order valence-electron chi connectivity index (χ1n) is 7.37. The lowest BCUT2D eigenvalue weighted by atomic mass is 10.2. The van der Waals surface area contributed by atoms with E-state index in [1.807, 2.05) is 12.1 Å². The first-order chi connectivity index (χ1) is 9.72. The summed E-state index contributed by atoms with van der Waals surface area (Å²) in [6.45, 7) is 7.11. The van der Waals surface area contributed by atoms with Crippen molar-refractivity contribution in [2.45, 2.75) is 19.9 Å². The van der Waals surface area contributed by atoms with Crippen LogP contribution in [0.3, 0.4) is 0 Å². The van der Waals surface area contributed by atoms with Crippen LogP contribution in [0.1, 0.15) is 18.9 Å². The number of hydrogen-bond donors (Lipinski definition) is 1. The van der Waals surface area contributed by atoms with E-state index in [2.05, 4.69) is 43.4 Å². The zero-order valence-electron chi connectivity index (χ0n) is 13.0. The van der Waals surface area contributed by atoms with Crippen molar-refractivity contribution in [1.82, 2.24) is 10.2 Å². The zero-order chi connectivity index (χ0) is 14.6. The van der Waals surface area contributed by atoms with Gasteiger partial charge in [-0.05, 0) is 51.3 Å². The molecule has 0 amide bonds. The van der Waals surface area contributed by atoms with Gasteiger partial charge in [0, 0.05) is 13.2 Å². The van der Waals surface area contributed by atoms with E-state index < -0.39 is 0 Å². The monoisotopic (exact) mass is 280 g/mol. The Bertz CT molecular complexity index is 339. The molecule has 0 aliphatic carbocycles. The highest BCUT2D eigenvalue weighted by Gasteiger charge is 1.96. The number of nitrogens with one attached hydrogen (secondary N) is 1. The third-order valence-electron chi connectivity index (χ3n) is 2.89. The highest BCUT2D eigenvalue weighted by molar-refractivity contribution is 5.27. The largest absolute Gasteiger partial charge is 0.491 e. The van der Waals surface area contributed by atoms with E-state index in [9.17, 15) is 0 Å². The van der Waals surface area contributed by atoms with Crippen molar-refractivity contribution in [3.63, 3.8) is 0 Å². The Morgan fingerprint density at radius 2 is 1.80 bits per heavy atom. The third kappa shape index (κ3) is 8.15. The van der Waals surface area contributed by atoms with E-state index in [1.54, 1.807) is 0 Å². The van der Waals surface area contributed by atoms with Crippen molar-refractivity contribution in [3.8, 4) is 5.75 Å². The van der Waals surface area contributed by atoms with Crippen molar-refractivity contribution in [1.29, 1.82) is 0 Å². The summed E-state index contributed by atoms with van der Waals surface area (Å²) in [7, 11) is 4.14. The van der Waals surface area contributed by atoms with Gasteiger partial charge in [-0.2, -0.15) is 0 Å². The molecule has 0 aliphatic rings. The number of benzene rings is 1. The Morgan fingerprint density at radius 1 is 1.05 bits per heavy atom. The number of nitrogens with zero attached hydrogens (tertiary/aromatic N) is 1. The molecule has 0 heterocycles. The van der Waals surface area contributed by atoms with E-state index in [1.165, 1.54) is 5.56 Å². The molecule has 0 fully saturated rings. The summed E-state index contributed by atoms with van der Waals surface area (Å²) >= 11 is 0. The van der Waals surface area contributed by atoms with E-state index in [0.717, 1.165) is 38.4 Å². The average molecular weight is 280 g/mol. The molecule has 1 aromatic rings. The van der Waals surface area contributed by atoms with Gasteiger partial charge in [-0.25, -0.2) is 0 Å². The van der Waals surface area contributed by atoms with E-state index in [-0.39, 0.29) is 0 Å². The summed E-state index contributed by atoms with van der Waals surface area (Å²) in [5.41, 5.74) is 1.28. The van der Waals surface area contributed by atoms with Gasteiger partial charge >= 0.3 is 0 Å². The summed E-state index contributed by atoms with van der Waals surface area (Å²) in [6.07, 6.45) is 1.06. The first kappa shape index (κ1) is 17.0. The van der Waals surface area contributed by atoms with E-state index in [0.29, 0.717) is 13.2 Å². The normalized spacial score (nSPS) is 11.0. The average Bonchev–Trinajstić information content (AvgIpc) is 2.45. The highest BCUT2D eigenvalue weighted by atomic mass is 16.5. The van der Waals surface area contributed by atoms with Crippen LogP contribution in [-0.4, -0.2) is 51.9 Å². The molecular formula is C16H28N2O2. The molecular weight excluding hydrogens is 252 g/mol. The summed E-state index contributed by atoms with van der Waals surface area (Å²) in [5.74, 6) is 0.905. The fraction of sp³-hybridized carbons (Fsp3) is 0.625. The van der Waals surface area contributed by atoms with Crippen LogP contribution in [0.25, 0.3) is 0 Å². The van der Waals surface area contributed by atoms with E-state index >= 15 is 0 Å². The molecule has 0 aromatic heterocycles. The molecule has 4 heteroatoms. The molecule has 20 heavy (non-hydrogen) atoms. The van der Waals surface area contributed by atoms with E-state index in [4.69, 9.17) is 9.47 Å². The number of hydrogen-bond acceptors (Lipinski definition) is 4. The summed E-state index contributed by atoms with van der Waals surface area (Å²) < 4.78 is 11.2. The maximum absolute atomic E-state index is 5.64. The van der Waals surface area contributed by atoms with Crippen LogP contribution in [0.15, 0.2) is 24.3 Å². The second kappa shape index (κ2) is 10.7. The second-order valence-corrected chi connectivity index (χ2v) is 5.04. The van der Waals surface area contributed by atoms with Crippen molar-refractivity contribution >= 4 is 0 Å². The summed E-state index contributed by atoms with van der Waals surface area (Å²) in [6, 6.07) is 8.21. The number of rotatable bonds is 11. The van der Waals surface area contributed by atoms with Crippen LogP contribution in [0.5, 0.6) is 5.75 Å².